The molecule has 1 amide bonds. The summed E-state index contributed by atoms with van der Waals surface area (Å²) in [6.07, 6.45) is 0. The van der Waals surface area contributed by atoms with E-state index >= 15 is 0 Å². The van der Waals surface area contributed by atoms with Crippen LogP contribution in [0, 0.1) is 15.9 Å². The van der Waals surface area contributed by atoms with Gasteiger partial charge in [-0.1, -0.05) is 11.6 Å². The van der Waals surface area contributed by atoms with Crippen molar-refractivity contribution in [2.24, 2.45) is 0 Å². The number of halogens is 3. The molecule has 0 heterocycles. The van der Waals surface area contributed by atoms with Crippen molar-refractivity contribution in [3.05, 3.63) is 67.4 Å². The molecule has 0 atom stereocenters. The summed E-state index contributed by atoms with van der Waals surface area (Å²) in [4.78, 5) is 21.9. The van der Waals surface area contributed by atoms with Gasteiger partial charge in [-0.3, -0.25) is 14.9 Å². The fraction of sp³-hybridized carbons (Fsp3) is 0. The number of amides is 1. The first-order valence-electron chi connectivity index (χ1n) is 5.59. The molecule has 0 spiro atoms. The maximum absolute atomic E-state index is 13.4. The Morgan fingerprint density at radius 2 is 2.00 bits per heavy atom. The summed E-state index contributed by atoms with van der Waals surface area (Å²) in [5.74, 6) is -1.12. The highest BCUT2D eigenvalue weighted by atomic mass is 79.9. The number of nitrogens with zero attached hydrogens (tertiary/aromatic N) is 1. The second-order valence-electron chi connectivity index (χ2n) is 4.01. The summed E-state index contributed by atoms with van der Waals surface area (Å²) in [6.45, 7) is 0. The lowest BCUT2D eigenvalue weighted by Crippen LogP contribution is -2.12. The van der Waals surface area contributed by atoms with Crippen LogP contribution in [0.5, 0.6) is 0 Å². The first kappa shape index (κ1) is 15.4. The van der Waals surface area contributed by atoms with E-state index in [1.54, 1.807) is 0 Å². The van der Waals surface area contributed by atoms with E-state index in [4.69, 9.17) is 11.6 Å². The van der Waals surface area contributed by atoms with Gasteiger partial charge in [0.25, 0.3) is 11.6 Å². The van der Waals surface area contributed by atoms with Crippen LogP contribution >= 0.6 is 27.5 Å². The first-order chi connectivity index (χ1) is 9.88. The molecule has 1 N–H and O–H groups in total. The Hall–Kier alpha value is -1.99. The summed E-state index contributed by atoms with van der Waals surface area (Å²) in [6, 6.07) is 7.71. The molecule has 0 aromatic heterocycles. The van der Waals surface area contributed by atoms with Gasteiger partial charge in [-0.05, 0) is 46.3 Å². The smallest absolute Gasteiger partial charge is 0.288 e. The minimum atomic E-state index is -0.627. The third-order valence-corrected chi connectivity index (χ3v) is 3.53. The minimum Gasteiger partial charge on any atom is -0.322 e. The van der Waals surface area contributed by atoms with Crippen molar-refractivity contribution >= 4 is 44.8 Å². The summed E-state index contributed by atoms with van der Waals surface area (Å²) >= 11 is 8.73. The van der Waals surface area contributed by atoms with Crippen molar-refractivity contribution in [3.63, 3.8) is 0 Å². The van der Waals surface area contributed by atoms with Crippen LogP contribution in [0.1, 0.15) is 10.4 Å². The van der Waals surface area contributed by atoms with Crippen LogP contribution in [0.2, 0.25) is 5.02 Å². The van der Waals surface area contributed by atoms with Gasteiger partial charge >= 0.3 is 0 Å². The van der Waals surface area contributed by atoms with Gasteiger partial charge in [0.15, 0.2) is 0 Å². The maximum atomic E-state index is 13.4. The number of rotatable bonds is 3. The van der Waals surface area contributed by atoms with Crippen molar-refractivity contribution < 1.29 is 14.1 Å². The normalized spacial score (nSPS) is 10.2. The average Bonchev–Trinajstić information content (AvgIpc) is 2.41. The lowest BCUT2D eigenvalue weighted by atomic mass is 10.2. The standard InChI is InChI=1S/C13H7BrClFN2O3/c14-9-3-1-7(5-11(9)16)13(19)17-8-2-4-12(18(20)21)10(15)6-8/h1-6H,(H,17,19). The van der Waals surface area contributed by atoms with Crippen LogP contribution < -0.4 is 5.32 Å². The van der Waals surface area contributed by atoms with Crippen LogP contribution in [0.15, 0.2) is 40.9 Å². The highest BCUT2D eigenvalue weighted by Crippen LogP contribution is 2.27. The third-order valence-electron chi connectivity index (χ3n) is 2.58. The third kappa shape index (κ3) is 3.56. The SMILES string of the molecule is O=C(Nc1ccc([N+](=O)[O-])c(Cl)c1)c1ccc(Br)c(F)c1. The van der Waals surface area contributed by atoms with Crippen LogP contribution in [0.3, 0.4) is 0 Å². The van der Waals surface area contributed by atoms with E-state index in [1.165, 1.54) is 30.3 Å². The lowest BCUT2D eigenvalue weighted by molar-refractivity contribution is -0.384. The predicted molar refractivity (Wildman–Crippen MR) is 80.2 cm³/mol. The number of benzene rings is 2. The number of anilines is 1. The summed E-state index contributed by atoms with van der Waals surface area (Å²) in [7, 11) is 0. The van der Waals surface area contributed by atoms with Crippen LogP contribution in [-0.4, -0.2) is 10.8 Å². The van der Waals surface area contributed by atoms with Gasteiger partial charge in [0, 0.05) is 17.3 Å². The zero-order valence-corrected chi connectivity index (χ0v) is 12.6. The molecule has 5 nitrogen and oxygen atoms in total. The Balaban J connectivity index is 2.21. The molecule has 108 valence electrons. The molecule has 8 heteroatoms. The number of nitro groups is 1. The fourth-order valence-electron chi connectivity index (χ4n) is 1.57. The second-order valence-corrected chi connectivity index (χ2v) is 5.27. The van der Waals surface area contributed by atoms with E-state index in [2.05, 4.69) is 21.2 Å². The molecule has 0 bridgehead atoms. The monoisotopic (exact) mass is 372 g/mol. The van der Waals surface area contributed by atoms with E-state index < -0.39 is 16.6 Å². The molecule has 0 saturated heterocycles. The van der Waals surface area contributed by atoms with Gasteiger partial charge in [0.1, 0.15) is 10.8 Å². The van der Waals surface area contributed by atoms with E-state index in [0.717, 1.165) is 6.07 Å². The molecule has 21 heavy (non-hydrogen) atoms. The fourth-order valence-corrected chi connectivity index (χ4v) is 2.07. The Bertz CT molecular complexity index is 739. The molecule has 0 aliphatic rings. The van der Waals surface area contributed by atoms with Gasteiger partial charge in [-0.2, -0.15) is 0 Å². The number of hydrogen-bond acceptors (Lipinski definition) is 3. The number of carbonyl (C=O) groups is 1. The van der Waals surface area contributed by atoms with E-state index in [0.29, 0.717) is 0 Å². The van der Waals surface area contributed by atoms with Crippen LogP contribution in [0.25, 0.3) is 0 Å². The Kier molecular flexibility index (Phi) is 4.54. The quantitative estimate of drug-likeness (QED) is 0.640. The molecule has 0 unspecified atom stereocenters. The molecular formula is C13H7BrClFN2O3. The van der Waals surface area contributed by atoms with Gasteiger partial charge < -0.3 is 5.32 Å². The van der Waals surface area contributed by atoms with E-state index in [-0.39, 0.29) is 26.4 Å². The van der Waals surface area contributed by atoms with Crippen molar-refractivity contribution in [1.82, 2.24) is 0 Å². The largest absolute Gasteiger partial charge is 0.322 e. The Morgan fingerprint density at radius 3 is 2.57 bits per heavy atom. The number of nitrogens with one attached hydrogen (secondary N) is 1. The second kappa shape index (κ2) is 6.19. The summed E-state index contributed by atoms with van der Waals surface area (Å²) in [5.41, 5.74) is 0.133. The van der Waals surface area contributed by atoms with E-state index in [9.17, 15) is 19.3 Å². The van der Waals surface area contributed by atoms with Crippen LogP contribution in [0.4, 0.5) is 15.8 Å². The van der Waals surface area contributed by atoms with Crippen LogP contribution in [-0.2, 0) is 0 Å². The first-order valence-corrected chi connectivity index (χ1v) is 6.76. The van der Waals surface area contributed by atoms with Gasteiger partial charge in [-0.25, -0.2) is 4.39 Å². The predicted octanol–water partition coefficient (Wildman–Crippen LogP) is 4.40. The van der Waals surface area contributed by atoms with Crippen molar-refractivity contribution in [2.75, 3.05) is 5.32 Å². The Morgan fingerprint density at radius 1 is 1.29 bits per heavy atom. The number of hydrogen-bond donors (Lipinski definition) is 1. The number of carbonyl (C=O) groups excluding carboxylic acids is 1. The average molecular weight is 374 g/mol. The molecule has 0 radical (unpaired) electrons. The summed E-state index contributed by atoms with van der Waals surface area (Å²) in [5, 5.41) is 13.0. The zero-order valence-electron chi connectivity index (χ0n) is 10.3. The van der Waals surface area contributed by atoms with Crippen molar-refractivity contribution in [3.8, 4) is 0 Å². The zero-order chi connectivity index (χ0) is 15.6. The van der Waals surface area contributed by atoms with Crippen molar-refractivity contribution in [2.45, 2.75) is 0 Å². The van der Waals surface area contributed by atoms with E-state index in [1.807, 2.05) is 0 Å². The molecule has 0 aliphatic heterocycles. The summed E-state index contributed by atoms with van der Waals surface area (Å²) < 4.78 is 13.6. The maximum Gasteiger partial charge on any atom is 0.288 e. The molecule has 2 aromatic carbocycles. The molecule has 0 aliphatic carbocycles. The molecule has 2 aromatic rings. The molecule has 0 saturated carbocycles. The molecule has 2 rings (SSSR count). The lowest BCUT2D eigenvalue weighted by Gasteiger charge is -2.06. The number of nitro benzene ring substituents is 1. The molecular weight excluding hydrogens is 367 g/mol. The van der Waals surface area contributed by atoms with Crippen molar-refractivity contribution in [1.29, 1.82) is 0 Å². The molecule has 0 fully saturated rings. The highest BCUT2D eigenvalue weighted by Gasteiger charge is 2.14. The highest BCUT2D eigenvalue weighted by molar-refractivity contribution is 9.10. The minimum absolute atomic E-state index is 0.0974. The van der Waals surface area contributed by atoms with Gasteiger partial charge in [0.05, 0.1) is 9.40 Å². The van der Waals surface area contributed by atoms with Gasteiger partial charge in [-0.15, -0.1) is 0 Å². The van der Waals surface area contributed by atoms with Gasteiger partial charge in [0.2, 0.25) is 0 Å². The Labute approximate surface area is 132 Å². The topological polar surface area (TPSA) is 72.2 Å².